The minimum absolute atomic E-state index is 0.118. The number of fused-ring (bicyclic) bond motifs is 1. The van der Waals surface area contributed by atoms with Gasteiger partial charge >= 0.3 is 5.76 Å². The van der Waals surface area contributed by atoms with Crippen molar-refractivity contribution in [2.45, 2.75) is 13.0 Å². The summed E-state index contributed by atoms with van der Waals surface area (Å²) in [5.74, 6) is -0.521. The largest absolute Gasteiger partial charge is 0.419 e. The fourth-order valence-corrected chi connectivity index (χ4v) is 2.57. The molecule has 3 aromatic rings. The van der Waals surface area contributed by atoms with E-state index >= 15 is 0 Å². The maximum Gasteiger partial charge on any atom is 0.419 e. The van der Waals surface area contributed by atoms with Crippen molar-refractivity contribution >= 4 is 28.6 Å². The van der Waals surface area contributed by atoms with E-state index in [-0.39, 0.29) is 12.3 Å². The van der Waals surface area contributed by atoms with Crippen molar-refractivity contribution in [3.8, 4) is 0 Å². The smallest absolute Gasteiger partial charge is 0.408 e. The highest BCUT2D eigenvalue weighted by Gasteiger charge is 2.09. The SMILES string of the molecule is Cn1c(=O)oc2cc(CNC(=O)Cc3ccccc3Cl)ccc21. The number of nitrogens with zero attached hydrogens (tertiary/aromatic N) is 1. The van der Waals surface area contributed by atoms with Crippen molar-refractivity contribution in [2.24, 2.45) is 7.05 Å². The maximum absolute atomic E-state index is 12.0. The van der Waals surface area contributed by atoms with E-state index in [0.717, 1.165) is 16.6 Å². The van der Waals surface area contributed by atoms with Gasteiger partial charge in [0.05, 0.1) is 11.9 Å². The average Bonchev–Trinajstić information content (AvgIpc) is 2.82. The number of nitrogens with one attached hydrogen (secondary N) is 1. The third kappa shape index (κ3) is 3.29. The van der Waals surface area contributed by atoms with E-state index in [0.29, 0.717) is 17.2 Å². The van der Waals surface area contributed by atoms with Gasteiger partial charge in [0.15, 0.2) is 5.58 Å². The second-order valence-corrected chi connectivity index (χ2v) is 5.68. The number of carbonyl (C=O) groups excluding carboxylic acids is 1. The number of amides is 1. The lowest BCUT2D eigenvalue weighted by Crippen LogP contribution is -2.24. The molecule has 23 heavy (non-hydrogen) atoms. The molecule has 1 heterocycles. The number of rotatable bonds is 4. The van der Waals surface area contributed by atoms with Gasteiger partial charge in [0, 0.05) is 18.6 Å². The predicted molar refractivity (Wildman–Crippen MR) is 88.5 cm³/mol. The van der Waals surface area contributed by atoms with Crippen LogP contribution in [-0.4, -0.2) is 10.5 Å². The Kier molecular flexibility index (Phi) is 4.21. The molecule has 0 saturated carbocycles. The number of carbonyl (C=O) groups is 1. The fourth-order valence-electron chi connectivity index (χ4n) is 2.37. The molecule has 0 aliphatic heterocycles. The number of hydrogen-bond donors (Lipinski definition) is 1. The Bertz CT molecular complexity index is 927. The zero-order valence-corrected chi connectivity index (χ0v) is 13.3. The predicted octanol–water partition coefficient (Wildman–Crippen LogP) is 2.64. The molecule has 3 rings (SSSR count). The van der Waals surface area contributed by atoms with Gasteiger partial charge < -0.3 is 9.73 Å². The molecule has 0 saturated heterocycles. The molecule has 0 radical (unpaired) electrons. The summed E-state index contributed by atoms with van der Waals surface area (Å²) < 4.78 is 6.57. The first-order valence-electron chi connectivity index (χ1n) is 7.13. The molecular weight excluding hydrogens is 316 g/mol. The molecule has 5 nitrogen and oxygen atoms in total. The van der Waals surface area contributed by atoms with Crippen LogP contribution >= 0.6 is 11.6 Å². The lowest BCUT2D eigenvalue weighted by Gasteiger charge is -2.07. The lowest BCUT2D eigenvalue weighted by atomic mass is 10.1. The molecule has 0 bridgehead atoms. The quantitative estimate of drug-likeness (QED) is 0.800. The molecule has 0 fully saturated rings. The Balaban J connectivity index is 1.67. The van der Waals surface area contributed by atoms with Gasteiger partial charge in [-0.05, 0) is 29.3 Å². The van der Waals surface area contributed by atoms with Crippen molar-refractivity contribution in [3.63, 3.8) is 0 Å². The average molecular weight is 331 g/mol. The van der Waals surface area contributed by atoms with Gasteiger partial charge in [0.25, 0.3) is 0 Å². The number of aryl methyl sites for hydroxylation is 1. The first kappa shape index (κ1) is 15.4. The molecular formula is C17H15ClN2O3. The van der Waals surface area contributed by atoms with E-state index in [1.165, 1.54) is 4.57 Å². The van der Waals surface area contributed by atoms with Gasteiger partial charge in [-0.3, -0.25) is 9.36 Å². The number of oxazole rings is 1. The molecule has 118 valence electrons. The number of halogens is 1. The monoisotopic (exact) mass is 330 g/mol. The molecule has 0 unspecified atom stereocenters. The van der Waals surface area contributed by atoms with E-state index in [1.54, 1.807) is 25.2 Å². The Morgan fingerprint density at radius 3 is 2.83 bits per heavy atom. The van der Waals surface area contributed by atoms with Crippen LogP contribution < -0.4 is 11.1 Å². The third-order valence-electron chi connectivity index (χ3n) is 3.66. The highest BCUT2D eigenvalue weighted by Crippen LogP contribution is 2.16. The topological polar surface area (TPSA) is 64.2 Å². The Morgan fingerprint density at radius 2 is 2.04 bits per heavy atom. The highest BCUT2D eigenvalue weighted by atomic mass is 35.5. The Morgan fingerprint density at radius 1 is 1.26 bits per heavy atom. The summed E-state index contributed by atoms with van der Waals surface area (Å²) in [6, 6.07) is 12.7. The Labute approximate surface area is 137 Å². The normalized spacial score (nSPS) is 10.9. The van der Waals surface area contributed by atoms with Crippen molar-refractivity contribution < 1.29 is 9.21 Å². The number of hydrogen-bond acceptors (Lipinski definition) is 3. The van der Waals surface area contributed by atoms with Crippen LogP contribution in [0.1, 0.15) is 11.1 Å². The van der Waals surface area contributed by atoms with Crippen molar-refractivity contribution in [1.29, 1.82) is 0 Å². The maximum atomic E-state index is 12.0. The van der Waals surface area contributed by atoms with Gasteiger partial charge in [-0.25, -0.2) is 4.79 Å². The Hall–Kier alpha value is -2.53. The molecule has 0 spiro atoms. The van der Waals surface area contributed by atoms with Gasteiger partial charge in [-0.2, -0.15) is 0 Å². The third-order valence-corrected chi connectivity index (χ3v) is 4.02. The second-order valence-electron chi connectivity index (χ2n) is 5.27. The highest BCUT2D eigenvalue weighted by molar-refractivity contribution is 6.31. The summed E-state index contributed by atoms with van der Waals surface area (Å²) in [6.45, 7) is 0.359. The molecule has 1 aromatic heterocycles. The minimum atomic E-state index is -0.403. The van der Waals surface area contributed by atoms with Crippen LogP contribution in [0.2, 0.25) is 5.02 Å². The molecule has 0 aliphatic rings. The lowest BCUT2D eigenvalue weighted by molar-refractivity contribution is -0.120. The van der Waals surface area contributed by atoms with E-state index < -0.39 is 5.76 Å². The van der Waals surface area contributed by atoms with Crippen LogP contribution in [0.3, 0.4) is 0 Å². The van der Waals surface area contributed by atoms with Crippen LogP contribution in [0.4, 0.5) is 0 Å². The molecule has 1 N–H and O–H groups in total. The number of benzene rings is 2. The van der Waals surface area contributed by atoms with E-state index in [1.807, 2.05) is 24.3 Å². The van der Waals surface area contributed by atoms with Gasteiger partial charge in [0.2, 0.25) is 5.91 Å². The van der Waals surface area contributed by atoms with Crippen LogP contribution in [0.15, 0.2) is 51.7 Å². The van der Waals surface area contributed by atoms with E-state index in [9.17, 15) is 9.59 Å². The summed E-state index contributed by atoms with van der Waals surface area (Å²) in [4.78, 5) is 23.5. The summed E-state index contributed by atoms with van der Waals surface area (Å²) in [7, 11) is 1.65. The van der Waals surface area contributed by atoms with Gasteiger partial charge in [-0.1, -0.05) is 35.9 Å². The standard InChI is InChI=1S/C17H15ClN2O3/c1-20-14-7-6-11(8-15(14)23-17(20)22)10-19-16(21)9-12-4-2-3-5-13(12)18/h2-8H,9-10H2,1H3,(H,19,21). The van der Waals surface area contributed by atoms with Crippen LogP contribution in [0.25, 0.3) is 11.1 Å². The summed E-state index contributed by atoms with van der Waals surface area (Å²) in [5.41, 5.74) is 2.88. The summed E-state index contributed by atoms with van der Waals surface area (Å²) >= 11 is 6.04. The molecule has 0 aliphatic carbocycles. The van der Waals surface area contributed by atoms with Crippen molar-refractivity contribution in [3.05, 3.63) is 69.2 Å². The second kappa shape index (κ2) is 6.30. The first-order chi connectivity index (χ1) is 11.0. The zero-order chi connectivity index (χ0) is 16.4. The molecule has 0 atom stereocenters. The van der Waals surface area contributed by atoms with Crippen LogP contribution in [0, 0.1) is 0 Å². The van der Waals surface area contributed by atoms with E-state index in [2.05, 4.69) is 5.32 Å². The zero-order valence-electron chi connectivity index (χ0n) is 12.5. The minimum Gasteiger partial charge on any atom is -0.408 e. The summed E-state index contributed by atoms with van der Waals surface area (Å²) in [6.07, 6.45) is 0.225. The summed E-state index contributed by atoms with van der Waals surface area (Å²) in [5, 5.41) is 3.42. The van der Waals surface area contributed by atoms with Crippen molar-refractivity contribution in [2.75, 3.05) is 0 Å². The van der Waals surface area contributed by atoms with Crippen LogP contribution in [0.5, 0.6) is 0 Å². The van der Waals surface area contributed by atoms with E-state index in [4.69, 9.17) is 16.0 Å². The molecule has 2 aromatic carbocycles. The first-order valence-corrected chi connectivity index (χ1v) is 7.51. The fraction of sp³-hybridized carbons (Fsp3) is 0.176. The molecule has 6 heteroatoms. The van der Waals surface area contributed by atoms with Crippen molar-refractivity contribution in [1.82, 2.24) is 9.88 Å². The van der Waals surface area contributed by atoms with Crippen LogP contribution in [-0.2, 0) is 24.8 Å². The number of aromatic nitrogens is 1. The van der Waals surface area contributed by atoms with Gasteiger partial charge in [0.1, 0.15) is 0 Å². The molecule has 1 amide bonds. The van der Waals surface area contributed by atoms with Gasteiger partial charge in [-0.15, -0.1) is 0 Å².